The Bertz CT molecular complexity index is 607. The molecule has 1 aliphatic carbocycles. The molecule has 1 aliphatic heterocycles. The number of nitrogens with two attached hydrogens (primary N) is 1. The Balaban J connectivity index is 1.63. The first-order valence-corrected chi connectivity index (χ1v) is 8.56. The molecule has 1 saturated carbocycles. The second-order valence-corrected chi connectivity index (χ2v) is 6.82. The van der Waals surface area contributed by atoms with Crippen LogP contribution in [0.15, 0.2) is 24.3 Å². The van der Waals surface area contributed by atoms with Crippen LogP contribution in [-0.4, -0.2) is 30.4 Å². The van der Waals surface area contributed by atoms with Gasteiger partial charge in [-0.2, -0.15) is 0 Å². The zero-order chi connectivity index (χ0) is 16.4. The lowest BCUT2D eigenvalue weighted by Gasteiger charge is -2.26. The summed E-state index contributed by atoms with van der Waals surface area (Å²) in [6.45, 7) is 0.567. The van der Waals surface area contributed by atoms with Crippen LogP contribution in [0.25, 0.3) is 0 Å². The van der Waals surface area contributed by atoms with Crippen LogP contribution in [-0.2, 0) is 9.59 Å². The van der Waals surface area contributed by atoms with Crippen molar-refractivity contribution in [2.75, 3.05) is 11.4 Å². The largest absolute Gasteiger partial charge is 0.344 e. The number of hydrogen-bond donors (Lipinski definition) is 2. The summed E-state index contributed by atoms with van der Waals surface area (Å²) in [4.78, 5) is 26.6. The molecular formula is C17H22ClN3O2. The summed E-state index contributed by atoms with van der Waals surface area (Å²) in [6.07, 6.45) is 4.13. The highest BCUT2D eigenvalue weighted by Gasteiger charge is 2.36. The third-order valence-electron chi connectivity index (χ3n) is 4.75. The minimum Gasteiger partial charge on any atom is -0.344 e. The molecule has 1 aromatic carbocycles. The van der Waals surface area contributed by atoms with Gasteiger partial charge in [-0.1, -0.05) is 30.2 Å². The van der Waals surface area contributed by atoms with E-state index < -0.39 is 6.04 Å². The highest BCUT2D eigenvalue weighted by Crippen LogP contribution is 2.29. The van der Waals surface area contributed by atoms with E-state index in [2.05, 4.69) is 5.32 Å². The summed E-state index contributed by atoms with van der Waals surface area (Å²) in [5, 5.41) is 3.46. The first-order valence-electron chi connectivity index (χ1n) is 8.18. The monoisotopic (exact) mass is 335 g/mol. The SMILES string of the molecule is NC1CCCC(C(=O)NC2CCN(c3ccccc3Cl)C2=O)C1. The normalized spacial score (nSPS) is 28.0. The number of benzene rings is 1. The molecule has 5 nitrogen and oxygen atoms in total. The van der Waals surface area contributed by atoms with Gasteiger partial charge >= 0.3 is 0 Å². The predicted octanol–water partition coefficient (Wildman–Crippen LogP) is 2.08. The lowest BCUT2D eigenvalue weighted by atomic mass is 9.85. The lowest BCUT2D eigenvalue weighted by Crippen LogP contribution is -2.45. The third-order valence-corrected chi connectivity index (χ3v) is 5.07. The number of hydrogen-bond acceptors (Lipinski definition) is 3. The first-order chi connectivity index (χ1) is 11.1. The molecule has 1 saturated heterocycles. The molecule has 1 heterocycles. The van der Waals surface area contributed by atoms with Gasteiger partial charge in [-0.3, -0.25) is 9.59 Å². The summed E-state index contributed by atoms with van der Waals surface area (Å²) >= 11 is 6.17. The number of carbonyl (C=O) groups is 2. The molecule has 124 valence electrons. The molecule has 23 heavy (non-hydrogen) atoms. The van der Waals surface area contributed by atoms with Gasteiger partial charge < -0.3 is 16.0 Å². The molecule has 6 heteroatoms. The fraction of sp³-hybridized carbons (Fsp3) is 0.529. The number of nitrogens with one attached hydrogen (secondary N) is 1. The number of halogens is 1. The van der Waals surface area contributed by atoms with E-state index in [1.165, 1.54) is 0 Å². The summed E-state index contributed by atoms with van der Waals surface area (Å²) < 4.78 is 0. The van der Waals surface area contributed by atoms with Gasteiger partial charge in [-0.05, 0) is 37.8 Å². The number of amides is 2. The van der Waals surface area contributed by atoms with Crippen LogP contribution in [0.1, 0.15) is 32.1 Å². The van der Waals surface area contributed by atoms with Crippen molar-refractivity contribution in [1.29, 1.82) is 0 Å². The number of nitrogens with zero attached hydrogens (tertiary/aromatic N) is 1. The van der Waals surface area contributed by atoms with E-state index in [0.29, 0.717) is 30.1 Å². The molecule has 0 bridgehead atoms. The molecule has 0 spiro atoms. The van der Waals surface area contributed by atoms with Crippen molar-refractivity contribution in [3.63, 3.8) is 0 Å². The van der Waals surface area contributed by atoms with E-state index in [9.17, 15) is 9.59 Å². The molecule has 3 N–H and O–H groups in total. The molecule has 0 radical (unpaired) electrons. The molecule has 3 atom stereocenters. The number of rotatable bonds is 3. The molecule has 3 unspecified atom stereocenters. The van der Waals surface area contributed by atoms with E-state index in [0.717, 1.165) is 19.3 Å². The van der Waals surface area contributed by atoms with Crippen LogP contribution in [0.4, 0.5) is 5.69 Å². The second kappa shape index (κ2) is 6.89. The number of carbonyl (C=O) groups excluding carboxylic acids is 2. The van der Waals surface area contributed by atoms with Crippen molar-refractivity contribution in [3.8, 4) is 0 Å². The lowest BCUT2D eigenvalue weighted by molar-refractivity contribution is -0.130. The van der Waals surface area contributed by atoms with Crippen LogP contribution < -0.4 is 16.0 Å². The topological polar surface area (TPSA) is 75.4 Å². The standard InChI is InChI=1S/C17H22ClN3O2/c18-13-6-1-2-7-15(13)21-9-8-14(17(21)23)20-16(22)11-4-3-5-12(19)10-11/h1-2,6-7,11-12,14H,3-5,8-10,19H2,(H,20,22). The fourth-order valence-corrected chi connectivity index (χ4v) is 3.72. The minimum absolute atomic E-state index is 0.0421. The molecular weight excluding hydrogens is 314 g/mol. The van der Waals surface area contributed by atoms with Crippen molar-refractivity contribution in [1.82, 2.24) is 5.32 Å². The van der Waals surface area contributed by atoms with Gasteiger partial charge in [-0.25, -0.2) is 0 Å². The maximum absolute atomic E-state index is 12.6. The quantitative estimate of drug-likeness (QED) is 0.888. The highest BCUT2D eigenvalue weighted by molar-refractivity contribution is 6.34. The van der Waals surface area contributed by atoms with Gasteiger partial charge in [0.05, 0.1) is 10.7 Å². The summed E-state index contributed by atoms with van der Waals surface area (Å²) in [5.41, 5.74) is 6.65. The van der Waals surface area contributed by atoms with Gasteiger partial charge in [0.2, 0.25) is 11.8 Å². The number of para-hydroxylation sites is 1. The molecule has 2 amide bonds. The Morgan fingerprint density at radius 3 is 2.78 bits per heavy atom. The fourth-order valence-electron chi connectivity index (χ4n) is 3.48. The van der Waals surface area contributed by atoms with Crippen molar-refractivity contribution >= 4 is 29.1 Å². The minimum atomic E-state index is -0.461. The molecule has 1 aromatic rings. The molecule has 2 fully saturated rings. The van der Waals surface area contributed by atoms with Crippen molar-refractivity contribution in [2.45, 2.75) is 44.2 Å². The van der Waals surface area contributed by atoms with Gasteiger partial charge in [0.1, 0.15) is 6.04 Å². The van der Waals surface area contributed by atoms with E-state index in [1.54, 1.807) is 11.0 Å². The second-order valence-electron chi connectivity index (χ2n) is 6.41. The van der Waals surface area contributed by atoms with Gasteiger partial charge in [-0.15, -0.1) is 0 Å². The van der Waals surface area contributed by atoms with Crippen LogP contribution in [0.2, 0.25) is 5.02 Å². The zero-order valence-corrected chi connectivity index (χ0v) is 13.8. The molecule has 3 rings (SSSR count). The van der Waals surface area contributed by atoms with Crippen molar-refractivity contribution < 1.29 is 9.59 Å². The Morgan fingerprint density at radius 2 is 2.04 bits per heavy atom. The Kier molecular flexibility index (Phi) is 4.87. The van der Waals surface area contributed by atoms with E-state index in [-0.39, 0.29) is 23.8 Å². The smallest absolute Gasteiger partial charge is 0.249 e. The molecule has 0 aromatic heterocycles. The third kappa shape index (κ3) is 3.51. The Labute approximate surface area is 141 Å². The maximum atomic E-state index is 12.6. The van der Waals surface area contributed by atoms with Crippen molar-refractivity contribution in [3.05, 3.63) is 29.3 Å². The Morgan fingerprint density at radius 1 is 1.26 bits per heavy atom. The van der Waals surface area contributed by atoms with Gasteiger partial charge in [0, 0.05) is 18.5 Å². The van der Waals surface area contributed by atoms with Gasteiger partial charge in [0.15, 0.2) is 0 Å². The maximum Gasteiger partial charge on any atom is 0.249 e. The van der Waals surface area contributed by atoms with Crippen LogP contribution in [0.5, 0.6) is 0 Å². The predicted molar refractivity (Wildman–Crippen MR) is 90.3 cm³/mol. The van der Waals surface area contributed by atoms with Crippen molar-refractivity contribution in [2.24, 2.45) is 11.7 Å². The summed E-state index contributed by atoms with van der Waals surface area (Å²) in [5.74, 6) is -0.202. The Hall–Kier alpha value is -1.59. The summed E-state index contributed by atoms with van der Waals surface area (Å²) in [7, 11) is 0. The van der Waals surface area contributed by atoms with Crippen LogP contribution in [0, 0.1) is 5.92 Å². The average Bonchev–Trinajstić information content (AvgIpc) is 2.89. The summed E-state index contributed by atoms with van der Waals surface area (Å²) in [6, 6.07) is 6.90. The van der Waals surface area contributed by atoms with Crippen LogP contribution >= 0.6 is 11.6 Å². The van der Waals surface area contributed by atoms with Crippen LogP contribution in [0.3, 0.4) is 0 Å². The number of anilines is 1. The average molecular weight is 336 g/mol. The first kappa shape index (κ1) is 16.3. The zero-order valence-electron chi connectivity index (χ0n) is 13.0. The molecule has 2 aliphatic rings. The highest BCUT2D eigenvalue weighted by atomic mass is 35.5. The van der Waals surface area contributed by atoms with Gasteiger partial charge in [0.25, 0.3) is 0 Å². The van der Waals surface area contributed by atoms with E-state index in [1.807, 2.05) is 18.2 Å². The van der Waals surface area contributed by atoms with E-state index >= 15 is 0 Å². The van der Waals surface area contributed by atoms with E-state index in [4.69, 9.17) is 17.3 Å².